The predicted molar refractivity (Wildman–Crippen MR) is 129 cm³/mol. The first-order valence-corrected chi connectivity index (χ1v) is 13.1. The molecule has 5 rings (SSSR count). The number of hydrogen-bond acceptors (Lipinski definition) is 3. The molecule has 0 bridgehead atoms. The van der Waals surface area contributed by atoms with E-state index in [1.807, 2.05) is 48.5 Å². The van der Waals surface area contributed by atoms with Gasteiger partial charge in [0.15, 0.2) is 0 Å². The molecule has 6 heteroatoms. The predicted octanol–water partition coefficient (Wildman–Crippen LogP) is 4.95. The van der Waals surface area contributed by atoms with Gasteiger partial charge >= 0.3 is 0 Å². The number of amides is 1. The van der Waals surface area contributed by atoms with Crippen LogP contribution >= 0.6 is 0 Å². The zero-order chi connectivity index (χ0) is 22.8. The van der Waals surface area contributed by atoms with Crippen LogP contribution < -0.4 is 5.32 Å². The summed E-state index contributed by atoms with van der Waals surface area (Å²) < 4.78 is 27.1. The molecule has 2 aliphatic rings. The lowest BCUT2D eigenvalue weighted by molar-refractivity contribution is 0.0932. The topological polar surface area (TPSA) is 66.5 Å². The van der Waals surface area contributed by atoms with Crippen LogP contribution in [0.25, 0.3) is 11.1 Å². The maximum Gasteiger partial charge on any atom is 0.251 e. The van der Waals surface area contributed by atoms with E-state index >= 15 is 0 Å². The Bertz CT molecular complexity index is 1260. The summed E-state index contributed by atoms with van der Waals surface area (Å²) in [7, 11) is -3.43. The molecule has 1 fully saturated rings. The summed E-state index contributed by atoms with van der Waals surface area (Å²) in [5.41, 5.74) is 4.89. The maximum atomic E-state index is 13.0. The summed E-state index contributed by atoms with van der Waals surface area (Å²) in [4.78, 5) is 13.4. The number of carbonyl (C=O) groups excluding carboxylic acids is 1. The minimum absolute atomic E-state index is 0.0289. The third kappa shape index (κ3) is 4.45. The number of hydrogen-bond donors (Lipinski definition) is 1. The number of benzene rings is 3. The summed E-state index contributed by atoms with van der Waals surface area (Å²) in [5, 5.41) is 3.21. The van der Waals surface area contributed by atoms with E-state index < -0.39 is 10.0 Å². The highest BCUT2D eigenvalue weighted by molar-refractivity contribution is 7.89. The molecule has 170 valence electrons. The van der Waals surface area contributed by atoms with Gasteiger partial charge in [0.25, 0.3) is 5.91 Å². The third-order valence-corrected chi connectivity index (χ3v) is 8.60. The lowest BCUT2D eigenvalue weighted by atomic mass is 9.87. The summed E-state index contributed by atoms with van der Waals surface area (Å²) in [6.07, 6.45) is 4.89. The molecular formula is C27H28N2O3S. The maximum absolute atomic E-state index is 13.0. The van der Waals surface area contributed by atoms with Crippen LogP contribution in [0.3, 0.4) is 0 Å². The van der Waals surface area contributed by atoms with Crippen molar-refractivity contribution in [2.75, 3.05) is 13.1 Å². The highest BCUT2D eigenvalue weighted by Gasteiger charge is 2.27. The zero-order valence-electron chi connectivity index (χ0n) is 18.5. The lowest BCUT2D eigenvalue weighted by Gasteiger charge is -2.26. The van der Waals surface area contributed by atoms with Gasteiger partial charge in [-0.25, -0.2) is 8.42 Å². The normalized spacial score (nSPS) is 18.6. The first-order valence-electron chi connectivity index (χ1n) is 11.6. The Morgan fingerprint density at radius 3 is 2.39 bits per heavy atom. The molecule has 1 aliphatic carbocycles. The molecule has 0 spiro atoms. The standard InChI is InChI=1S/C27H28N2O3S/c30-27(28-26-12-6-8-21-7-1-2-11-25(21)26)23-10-5-9-22(19-23)20-13-15-24(16-14-20)33(31,32)29-17-3-4-18-29/h1-2,5,7,9-11,13-16,19,26H,3-4,6,8,12,17-18H2,(H,28,30). The number of sulfonamides is 1. The van der Waals surface area contributed by atoms with Crippen LogP contribution in [0.2, 0.25) is 0 Å². The van der Waals surface area contributed by atoms with Crippen molar-refractivity contribution in [2.24, 2.45) is 0 Å². The Kier molecular flexibility index (Phi) is 6.04. The summed E-state index contributed by atoms with van der Waals surface area (Å²) in [6.45, 7) is 1.18. The summed E-state index contributed by atoms with van der Waals surface area (Å²) in [6, 6.07) is 22.8. The monoisotopic (exact) mass is 460 g/mol. The molecule has 1 unspecified atom stereocenters. The molecule has 1 amide bonds. The molecule has 1 saturated heterocycles. The van der Waals surface area contributed by atoms with Crippen LogP contribution in [0.5, 0.6) is 0 Å². The fraction of sp³-hybridized carbons (Fsp3) is 0.296. The average Bonchev–Trinajstić information content (AvgIpc) is 3.41. The molecule has 0 aromatic heterocycles. The second-order valence-electron chi connectivity index (χ2n) is 8.83. The smallest absolute Gasteiger partial charge is 0.251 e. The lowest BCUT2D eigenvalue weighted by Crippen LogP contribution is -2.30. The Hall–Kier alpha value is -2.96. The van der Waals surface area contributed by atoms with Crippen molar-refractivity contribution in [3.05, 3.63) is 89.5 Å². The molecule has 0 saturated carbocycles. The minimum atomic E-state index is -3.43. The molecule has 1 heterocycles. The molecule has 0 radical (unpaired) electrons. The Morgan fingerprint density at radius 2 is 1.61 bits per heavy atom. The molecule has 33 heavy (non-hydrogen) atoms. The molecule has 1 atom stereocenters. The van der Waals surface area contributed by atoms with Gasteiger partial charge in [0.05, 0.1) is 10.9 Å². The van der Waals surface area contributed by atoms with Gasteiger partial charge in [-0.1, -0.05) is 48.5 Å². The molecule has 1 N–H and O–H groups in total. The van der Waals surface area contributed by atoms with Crippen LogP contribution in [0.4, 0.5) is 0 Å². The highest BCUT2D eigenvalue weighted by Crippen LogP contribution is 2.30. The van der Waals surface area contributed by atoms with Crippen molar-refractivity contribution < 1.29 is 13.2 Å². The Labute approximate surface area is 195 Å². The van der Waals surface area contributed by atoms with Crippen LogP contribution in [0.1, 0.15) is 53.2 Å². The van der Waals surface area contributed by atoms with Crippen molar-refractivity contribution >= 4 is 15.9 Å². The molecule has 3 aromatic rings. The Morgan fingerprint density at radius 1 is 0.848 bits per heavy atom. The van der Waals surface area contributed by atoms with E-state index in [1.54, 1.807) is 16.4 Å². The van der Waals surface area contributed by atoms with Crippen LogP contribution in [0, 0.1) is 0 Å². The zero-order valence-corrected chi connectivity index (χ0v) is 19.4. The van der Waals surface area contributed by atoms with Crippen molar-refractivity contribution in [1.82, 2.24) is 9.62 Å². The second-order valence-corrected chi connectivity index (χ2v) is 10.8. The van der Waals surface area contributed by atoms with E-state index in [0.717, 1.165) is 43.2 Å². The van der Waals surface area contributed by atoms with Crippen LogP contribution in [-0.4, -0.2) is 31.7 Å². The SMILES string of the molecule is O=C(NC1CCCc2ccccc21)c1cccc(-c2ccc(S(=O)(=O)N3CCCC3)cc2)c1. The third-order valence-electron chi connectivity index (χ3n) is 6.69. The summed E-state index contributed by atoms with van der Waals surface area (Å²) >= 11 is 0. The first kappa shape index (κ1) is 21.9. The number of fused-ring (bicyclic) bond motifs is 1. The summed E-state index contributed by atoms with van der Waals surface area (Å²) in [5.74, 6) is -0.0909. The van der Waals surface area contributed by atoms with Gasteiger partial charge < -0.3 is 5.32 Å². The fourth-order valence-electron chi connectivity index (χ4n) is 4.88. The van der Waals surface area contributed by atoms with E-state index in [-0.39, 0.29) is 11.9 Å². The van der Waals surface area contributed by atoms with E-state index in [0.29, 0.717) is 23.5 Å². The second kappa shape index (κ2) is 9.12. The Balaban J connectivity index is 1.34. The van der Waals surface area contributed by atoms with Gasteiger partial charge in [-0.05, 0) is 78.6 Å². The van der Waals surface area contributed by atoms with E-state index in [1.165, 1.54) is 11.1 Å². The van der Waals surface area contributed by atoms with Crippen molar-refractivity contribution in [3.8, 4) is 11.1 Å². The largest absolute Gasteiger partial charge is 0.345 e. The van der Waals surface area contributed by atoms with Gasteiger partial charge in [-0.2, -0.15) is 4.31 Å². The molecular weight excluding hydrogens is 432 g/mol. The van der Waals surface area contributed by atoms with E-state index in [9.17, 15) is 13.2 Å². The van der Waals surface area contributed by atoms with Crippen molar-refractivity contribution in [2.45, 2.75) is 43.0 Å². The van der Waals surface area contributed by atoms with Crippen molar-refractivity contribution in [1.29, 1.82) is 0 Å². The number of aryl methyl sites for hydroxylation is 1. The number of nitrogens with zero attached hydrogens (tertiary/aromatic N) is 1. The number of nitrogens with one attached hydrogen (secondary N) is 1. The van der Waals surface area contributed by atoms with Crippen LogP contribution in [0.15, 0.2) is 77.7 Å². The van der Waals surface area contributed by atoms with Gasteiger partial charge in [-0.15, -0.1) is 0 Å². The van der Waals surface area contributed by atoms with Crippen LogP contribution in [-0.2, 0) is 16.4 Å². The average molecular weight is 461 g/mol. The minimum Gasteiger partial charge on any atom is -0.345 e. The highest BCUT2D eigenvalue weighted by atomic mass is 32.2. The van der Waals surface area contributed by atoms with Gasteiger partial charge in [0, 0.05) is 18.7 Å². The van der Waals surface area contributed by atoms with Gasteiger partial charge in [0.1, 0.15) is 0 Å². The molecule has 3 aromatic carbocycles. The molecule has 1 aliphatic heterocycles. The van der Waals surface area contributed by atoms with Gasteiger partial charge in [-0.3, -0.25) is 4.79 Å². The quantitative estimate of drug-likeness (QED) is 0.586. The molecule has 5 nitrogen and oxygen atoms in total. The number of carbonyl (C=O) groups is 1. The van der Waals surface area contributed by atoms with Gasteiger partial charge in [0.2, 0.25) is 10.0 Å². The van der Waals surface area contributed by atoms with E-state index in [4.69, 9.17) is 0 Å². The first-order chi connectivity index (χ1) is 16.0. The fourth-order valence-corrected chi connectivity index (χ4v) is 6.40. The number of rotatable bonds is 5. The van der Waals surface area contributed by atoms with E-state index in [2.05, 4.69) is 17.4 Å². The van der Waals surface area contributed by atoms with Crippen molar-refractivity contribution in [3.63, 3.8) is 0 Å².